The molecule has 5 rings (SSSR count). The Hall–Kier alpha value is -1.05. The summed E-state index contributed by atoms with van der Waals surface area (Å²) in [6.45, 7) is 9.30. The largest absolute Gasteiger partial charge is 0.388 e. The van der Waals surface area contributed by atoms with Gasteiger partial charge in [-0.3, -0.25) is 4.79 Å². The zero-order chi connectivity index (χ0) is 22.1. The number of allylic oxidation sites excluding steroid dienone is 3. The van der Waals surface area contributed by atoms with E-state index in [2.05, 4.69) is 27.7 Å². The molecule has 6 heteroatoms. The molecule has 0 radical (unpaired) electrons. The van der Waals surface area contributed by atoms with E-state index in [1.54, 1.807) is 11.1 Å². The van der Waals surface area contributed by atoms with E-state index < -0.39 is 30.7 Å². The number of carbonyl (C=O) groups excluding carboxylic acids is 1. The first-order valence-electron chi connectivity index (χ1n) is 11.9. The summed E-state index contributed by atoms with van der Waals surface area (Å²) in [4.78, 5) is 12.1. The number of ether oxygens (including phenoxy) is 3. The first-order valence-corrected chi connectivity index (χ1v) is 11.9. The Morgan fingerprint density at radius 2 is 1.94 bits per heavy atom. The number of aliphatic hydroxyl groups excluding tert-OH is 2. The van der Waals surface area contributed by atoms with Crippen LogP contribution in [0, 0.1) is 22.7 Å². The molecule has 6 nitrogen and oxygen atoms in total. The highest BCUT2D eigenvalue weighted by Gasteiger charge is 2.61. The highest BCUT2D eigenvalue weighted by atomic mass is 16.7. The molecule has 3 fully saturated rings. The number of aliphatic hydroxyl groups is 2. The zero-order valence-corrected chi connectivity index (χ0v) is 19.0. The highest BCUT2D eigenvalue weighted by Crippen LogP contribution is 2.64. The first-order chi connectivity index (χ1) is 14.7. The molecule has 2 aliphatic heterocycles. The summed E-state index contributed by atoms with van der Waals surface area (Å²) in [5.74, 6) is 0.800. The van der Waals surface area contributed by atoms with E-state index in [4.69, 9.17) is 14.2 Å². The quantitative estimate of drug-likeness (QED) is 0.516. The molecule has 1 saturated carbocycles. The number of fused-ring (bicyclic) bond motifs is 6. The summed E-state index contributed by atoms with van der Waals surface area (Å²) in [7, 11) is 0. The van der Waals surface area contributed by atoms with Gasteiger partial charge in [-0.15, -0.1) is 0 Å². The van der Waals surface area contributed by atoms with Gasteiger partial charge in [0.25, 0.3) is 0 Å². The fourth-order valence-electron chi connectivity index (χ4n) is 7.07. The lowest BCUT2D eigenvalue weighted by Crippen LogP contribution is -2.65. The Bertz CT molecular complexity index is 817. The first kappa shape index (κ1) is 21.8. The van der Waals surface area contributed by atoms with Gasteiger partial charge < -0.3 is 24.4 Å². The summed E-state index contributed by atoms with van der Waals surface area (Å²) in [5, 5.41) is 20.5. The van der Waals surface area contributed by atoms with Gasteiger partial charge in [-0.05, 0) is 49.4 Å². The van der Waals surface area contributed by atoms with Gasteiger partial charge in [0.15, 0.2) is 6.29 Å². The Kier molecular flexibility index (Phi) is 5.26. The van der Waals surface area contributed by atoms with Crippen molar-refractivity contribution in [3.8, 4) is 0 Å². The van der Waals surface area contributed by atoms with E-state index in [1.165, 1.54) is 6.42 Å². The molecule has 2 saturated heterocycles. The predicted molar refractivity (Wildman–Crippen MR) is 114 cm³/mol. The van der Waals surface area contributed by atoms with Crippen LogP contribution in [-0.2, 0) is 19.0 Å². The molecule has 5 aliphatic rings. The fourth-order valence-corrected chi connectivity index (χ4v) is 7.07. The standard InChI is InChI=1S/C25H36O6/c1-13(2)15-7-8-24(3)9-10-25(4)16(18(15)24)6-5-14(11-26)20-22(25)31-23-21(30-20)19(28)17(27)12-29-23/h5,11,13,16-17,19-23,27-28H,6-10,12H2,1-4H3/t16-,17-,19+,20-,21-,22+,23+,24-,25-/m1/s1. The van der Waals surface area contributed by atoms with Crippen molar-refractivity contribution in [1.29, 1.82) is 0 Å². The summed E-state index contributed by atoms with van der Waals surface area (Å²) >= 11 is 0. The average Bonchev–Trinajstić information content (AvgIpc) is 3.04. The maximum atomic E-state index is 12.1. The Labute approximate surface area is 184 Å². The number of rotatable bonds is 2. The van der Waals surface area contributed by atoms with E-state index in [-0.39, 0.29) is 29.5 Å². The Morgan fingerprint density at radius 1 is 1.16 bits per heavy atom. The van der Waals surface area contributed by atoms with Crippen molar-refractivity contribution in [3.63, 3.8) is 0 Å². The molecule has 3 aliphatic carbocycles. The predicted octanol–water partition coefficient (Wildman–Crippen LogP) is 2.92. The molecule has 31 heavy (non-hydrogen) atoms. The minimum Gasteiger partial charge on any atom is -0.388 e. The maximum Gasteiger partial charge on any atom is 0.187 e. The van der Waals surface area contributed by atoms with E-state index in [0.29, 0.717) is 11.5 Å². The molecule has 0 aromatic rings. The van der Waals surface area contributed by atoms with E-state index in [1.807, 2.05) is 6.08 Å². The summed E-state index contributed by atoms with van der Waals surface area (Å²) in [6, 6.07) is 0. The van der Waals surface area contributed by atoms with Crippen molar-refractivity contribution < 1.29 is 29.2 Å². The van der Waals surface area contributed by atoms with Crippen molar-refractivity contribution in [3.05, 3.63) is 22.8 Å². The lowest BCUT2D eigenvalue weighted by Gasteiger charge is -2.56. The molecule has 0 aromatic carbocycles. The second-order valence-corrected chi connectivity index (χ2v) is 11.1. The monoisotopic (exact) mass is 432 g/mol. The Morgan fingerprint density at radius 3 is 2.65 bits per heavy atom. The van der Waals surface area contributed by atoms with Gasteiger partial charge in [0.05, 0.1) is 12.7 Å². The van der Waals surface area contributed by atoms with Gasteiger partial charge in [-0.1, -0.05) is 44.9 Å². The summed E-state index contributed by atoms with van der Waals surface area (Å²) < 4.78 is 18.6. The van der Waals surface area contributed by atoms with Crippen LogP contribution < -0.4 is 0 Å². The van der Waals surface area contributed by atoms with Crippen LogP contribution in [-0.4, -0.2) is 59.9 Å². The van der Waals surface area contributed by atoms with Gasteiger partial charge in [0, 0.05) is 11.0 Å². The van der Waals surface area contributed by atoms with Crippen LogP contribution in [0.2, 0.25) is 0 Å². The van der Waals surface area contributed by atoms with Gasteiger partial charge in [-0.25, -0.2) is 0 Å². The van der Waals surface area contributed by atoms with Gasteiger partial charge in [0.2, 0.25) is 0 Å². The molecule has 2 heterocycles. The molecular weight excluding hydrogens is 396 g/mol. The minimum absolute atomic E-state index is 0.0142. The number of carbonyl (C=O) groups is 1. The van der Waals surface area contributed by atoms with E-state index in [0.717, 1.165) is 32.0 Å². The van der Waals surface area contributed by atoms with E-state index in [9.17, 15) is 15.0 Å². The smallest absolute Gasteiger partial charge is 0.187 e. The fraction of sp³-hybridized carbons (Fsp3) is 0.800. The third kappa shape index (κ3) is 3.13. The van der Waals surface area contributed by atoms with Crippen molar-refractivity contribution in [2.75, 3.05) is 6.61 Å². The SMILES string of the molecule is CC(C)C1=C2[C@H]3CC=C(C=O)[C@H]4O[C@H]5[C@@H](OC[C@@H](O)[C@@H]5O)O[C@@H]4[C@]3(C)CC[C@@]2(C)CC1. The van der Waals surface area contributed by atoms with Crippen molar-refractivity contribution in [1.82, 2.24) is 0 Å². The number of hydrogen-bond acceptors (Lipinski definition) is 6. The van der Waals surface area contributed by atoms with Gasteiger partial charge in [-0.2, -0.15) is 0 Å². The van der Waals surface area contributed by atoms with Crippen LogP contribution in [0.4, 0.5) is 0 Å². The number of hydrogen-bond donors (Lipinski definition) is 2. The minimum atomic E-state index is -1.10. The molecule has 172 valence electrons. The topological polar surface area (TPSA) is 85.2 Å². The molecule has 0 amide bonds. The van der Waals surface area contributed by atoms with Crippen molar-refractivity contribution >= 4 is 6.29 Å². The summed E-state index contributed by atoms with van der Waals surface area (Å²) in [6.07, 6.45) is 3.60. The molecule has 0 bridgehead atoms. The van der Waals surface area contributed by atoms with Crippen molar-refractivity contribution in [2.45, 2.75) is 96.6 Å². The molecule has 9 atom stereocenters. The normalized spacial score (nSPS) is 49.5. The van der Waals surface area contributed by atoms with Crippen LogP contribution in [0.15, 0.2) is 22.8 Å². The summed E-state index contributed by atoms with van der Waals surface area (Å²) in [5.41, 5.74) is 3.76. The van der Waals surface area contributed by atoms with E-state index >= 15 is 0 Å². The van der Waals surface area contributed by atoms with Crippen LogP contribution in [0.5, 0.6) is 0 Å². The zero-order valence-electron chi connectivity index (χ0n) is 19.0. The third-order valence-corrected chi connectivity index (χ3v) is 8.99. The number of aldehydes is 1. The third-order valence-electron chi connectivity index (χ3n) is 8.99. The van der Waals surface area contributed by atoms with Gasteiger partial charge in [0.1, 0.15) is 30.7 Å². The molecule has 0 spiro atoms. The molecular formula is C25H36O6. The van der Waals surface area contributed by atoms with Crippen LogP contribution in [0.1, 0.15) is 59.8 Å². The molecule has 0 unspecified atom stereocenters. The molecule has 0 aromatic heterocycles. The maximum absolute atomic E-state index is 12.1. The lowest BCUT2D eigenvalue weighted by molar-refractivity contribution is -0.358. The lowest BCUT2D eigenvalue weighted by atomic mass is 9.54. The average molecular weight is 433 g/mol. The highest BCUT2D eigenvalue weighted by molar-refractivity contribution is 5.75. The van der Waals surface area contributed by atoms with Crippen LogP contribution in [0.3, 0.4) is 0 Å². The van der Waals surface area contributed by atoms with Crippen LogP contribution in [0.25, 0.3) is 0 Å². The van der Waals surface area contributed by atoms with Crippen LogP contribution >= 0.6 is 0 Å². The second-order valence-electron chi connectivity index (χ2n) is 11.1. The Balaban J connectivity index is 1.58. The van der Waals surface area contributed by atoms with Gasteiger partial charge >= 0.3 is 0 Å². The van der Waals surface area contributed by atoms with Crippen molar-refractivity contribution in [2.24, 2.45) is 22.7 Å². The second kappa shape index (κ2) is 7.49. The molecule has 2 N–H and O–H groups in total.